The van der Waals surface area contributed by atoms with E-state index in [1.54, 1.807) is 6.92 Å². The lowest BCUT2D eigenvalue weighted by Crippen LogP contribution is -2.39. The molecular formula is C19H23N3O2. The molecule has 1 saturated heterocycles. The average molecular weight is 325 g/mol. The van der Waals surface area contributed by atoms with Gasteiger partial charge in [-0.15, -0.1) is 0 Å². The van der Waals surface area contributed by atoms with Crippen LogP contribution in [0.3, 0.4) is 0 Å². The van der Waals surface area contributed by atoms with Crippen LogP contribution < -0.4 is 0 Å². The summed E-state index contributed by atoms with van der Waals surface area (Å²) in [6, 6.07) is 10.1. The van der Waals surface area contributed by atoms with Gasteiger partial charge in [-0.05, 0) is 24.8 Å². The molecule has 24 heavy (non-hydrogen) atoms. The Balaban J connectivity index is 1.48. The second-order valence-corrected chi connectivity index (χ2v) is 6.20. The maximum atomic E-state index is 12.4. The summed E-state index contributed by atoms with van der Waals surface area (Å²) in [6.07, 6.45) is 7.43. The van der Waals surface area contributed by atoms with Crippen molar-refractivity contribution in [3.63, 3.8) is 0 Å². The molecule has 1 aliphatic rings. The molecule has 5 heteroatoms. The fourth-order valence-corrected chi connectivity index (χ4v) is 3.04. The van der Waals surface area contributed by atoms with Gasteiger partial charge in [0.05, 0.1) is 0 Å². The molecule has 1 amide bonds. The monoisotopic (exact) mass is 325 g/mol. The molecule has 1 fully saturated rings. The first kappa shape index (κ1) is 16.4. The second kappa shape index (κ2) is 7.90. The molecule has 1 aromatic heterocycles. The normalized spacial score (nSPS) is 18.2. The summed E-state index contributed by atoms with van der Waals surface area (Å²) >= 11 is 0. The van der Waals surface area contributed by atoms with Crippen molar-refractivity contribution in [2.45, 2.75) is 38.5 Å². The van der Waals surface area contributed by atoms with Crippen LogP contribution in [0, 0.1) is 6.92 Å². The van der Waals surface area contributed by atoms with Crippen molar-refractivity contribution in [1.82, 2.24) is 15.0 Å². The zero-order valence-electron chi connectivity index (χ0n) is 14.0. The molecule has 0 unspecified atom stereocenters. The molecule has 1 atom stereocenters. The SMILES string of the molecule is Cc1nc([C@@H]2CCCN(C(=O)CC/C=C\c3ccccc3)C2)no1. The van der Waals surface area contributed by atoms with Gasteiger partial charge in [0.15, 0.2) is 5.82 Å². The Morgan fingerprint density at radius 2 is 2.21 bits per heavy atom. The molecule has 0 bridgehead atoms. The third kappa shape index (κ3) is 4.31. The highest BCUT2D eigenvalue weighted by molar-refractivity contribution is 5.76. The van der Waals surface area contributed by atoms with Gasteiger partial charge in [-0.1, -0.05) is 47.6 Å². The standard InChI is InChI=1S/C19H23N3O2/c1-15-20-19(21-24-15)17-11-7-13-22(14-17)18(23)12-6-5-10-16-8-3-2-4-9-16/h2-5,8-10,17H,6-7,11-14H2,1H3/b10-5-/t17-/m1/s1. The average Bonchev–Trinajstić information content (AvgIpc) is 3.06. The molecule has 0 spiro atoms. The van der Waals surface area contributed by atoms with Crippen molar-refractivity contribution in [2.24, 2.45) is 0 Å². The van der Waals surface area contributed by atoms with Gasteiger partial charge in [-0.2, -0.15) is 4.98 Å². The maximum Gasteiger partial charge on any atom is 0.223 e. The fourth-order valence-electron chi connectivity index (χ4n) is 3.04. The van der Waals surface area contributed by atoms with E-state index in [4.69, 9.17) is 4.52 Å². The number of piperidine rings is 1. The zero-order valence-corrected chi connectivity index (χ0v) is 14.0. The van der Waals surface area contributed by atoms with Gasteiger partial charge in [0.25, 0.3) is 0 Å². The number of amides is 1. The first-order valence-corrected chi connectivity index (χ1v) is 8.52. The van der Waals surface area contributed by atoms with E-state index >= 15 is 0 Å². The molecule has 0 radical (unpaired) electrons. The highest BCUT2D eigenvalue weighted by Crippen LogP contribution is 2.25. The number of nitrogens with zero attached hydrogens (tertiary/aromatic N) is 3. The van der Waals surface area contributed by atoms with Gasteiger partial charge in [0.1, 0.15) is 0 Å². The molecule has 0 saturated carbocycles. The van der Waals surface area contributed by atoms with E-state index in [9.17, 15) is 4.79 Å². The Labute approximate surface area is 142 Å². The maximum absolute atomic E-state index is 12.4. The van der Waals surface area contributed by atoms with Crippen molar-refractivity contribution in [2.75, 3.05) is 13.1 Å². The topological polar surface area (TPSA) is 59.2 Å². The summed E-state index contributed by atoms with van der Waals surface area (Å²) in [4.78, 5) is 18.7. The van der Waals surface area contributed by atoms with Crippen molar-refractivity contribution in [3.8, 4) is 0 Å². The molecule has 1 aromatic carbocycles. The highest BCUT2D eigenvalue weighted by Gasteiger charge is 2.27. The van der Waals surface area contributed by atoms with E-state index in [1.165, 1.54) is 0 Å². The predicted molar refractivity (Wildman–Crippen MR) is 92.3 cm³/mol. The molecule has 2 heterocycles. The summed E-state index contributed by atoms with van der Waals surface area (Å²) in [5, 5.41) is 4.01. The smallest absolute Gasteiger partial charge is 0.223 e. The minimum Gasteiger partial charge on any atom is -0.342 e. The van der Waals surface area contributed by atoms with E-state index in [2.05, 4.69) is 34.4 Å². The quantitative estimate of drug-likeness (QED) is 0.843. The predicted octanol–water partition coefficient (Wildman–Crippen LogP) is 3.58. The van der Waals surface area contributed by atoms with E-state index in [-0.39, 0.29) is 11.8 Å². The van der Waals surface area contributed by atoms with Gasteiger partial charge in [0, 0.05) is 32.4 Å². The Morgan fingerprint density at radius 3 is 2.96 bits per heavy atom. The molecule has 0 aliphatic carbocycles. The van der Waals surface area contributed by atoms with Crippen LogP contribution in [0.5, 0.6) is 0 Å². The van der Waals surface area contributed by atoms with Gasteiger partial charge < -0.3 is 9.42 Å². The Hall–Kier alpha value is -2.43. The number of hydrogen-bond acceptors (Lipinski definition) is 4. The van der Waals surface area contributed by atoms with Crippen LogP contribution in [-0.4, -0.2) is 34.0 Å². The van der Waals surface area contributed by atoms with Crippen LogP contribution in [0.15, 0.2) is 40.9 Å². The van der Waals surface area contributed by atoms with E-state index in [0.717, 1.165) is 37.2 Å². The minimum absolute atomic E-state index is 0.194. The van der Waals surface area contributed by atoms with Crippen LogP contribution >= 0.6 is 0 Å². The van der Waals surface area contributed by atoms with Crippen molar-refractivity contribution in [1.29, 1.82) is 0 Å². The Kier molecular flexibility index (Phi) is 5.41. The van der Waals surface area contributed by atoms with Gasteiger partial charge in [-0.25, -0.2) is 0 Å². The van der Waals surface area contributed by atoms with Crippen LogP contribution in [0.1, 0.15) is 48.9 Å². The largest absolute Gasteiger partial charge is 0.342 e. The summed E-state index contributed by atoms with van der Waals surface area (Å²) < 4.78 is 5.06. The van der Waals surface area contributed by atoms with Gasteiger partial charge >= 0.3 is 0 Å². The highest BCUT2D eigenvalue weighted by atomic mass is 16.5. The molecule has 0 N–H and O–H groups in total. The number of rotatable bonds is 5. The Morgan fingerprint density at radius 1 is 1.38 bits per heavy atom. The van der Waals surface area contributed by atoms with E-state index < -0.39 is 0 Å². The Bertz CT molecular complexity index is 694. The zero-order chi connectivity index (χ0) is 16.8. The summed E-state index contributed by atoms with van der Waals surface area (Å²) in [7, 11) is 0. The lowest BCUT2D eigenvalue weighted by Gasteiger charge is -2.31. The molecular weight excluding hydrogens is 302 g/mol. The van der Waals surface area contributed by atoms with Crippen molar-refractivity contribution in [3.05, 3.63) is 53.7 Å². The van der Waals surface area contributed by atoms with Crippen molar-refractivity contribution < 1.29 is 9.32 Å². The van der Waals surface area contributed by atoms with Crippen LogP contribution in [0.25, 0.3) is 6.08 Å². The lowest BCUT2D eigenvalue weighted by molar-refractivity contribution is -0.132. The van der Waals surface area contributed by atoms with Gasteiger partial charge in [0.2, 0.25) is 11.8 Å². The van der Waals surface area contributed by atoms with E-state index in [1.807, 2.05) is 23.1 Å². The third-order valence-electron chi connectivity index (χ3n) is 4.32. The number of benzene rings is 1. The molecule has 2 aromatic rings. The summed E-state index contributed by atoms with van der Waals surface area (Å²) in [6.45, 7) is 3.32. The number of aromatic nitrogens is 2. The molecule has 3 rings (SSSR count). The third-order valence-corrected chi connectivity index (χ3v) is 4.32. The van der Waals surface area contributed by atoms with Gasteiger partial charge in [-0.3, -0.25) is 4.79 Å². The number of hydrogen-bond donors (Lipinski definition) is 0. The van der Waals surface area contributed by atoms with Crippen molar-refractivity contribution >= 4 is 12.0 Å². The second-order valence-electron chi connectivity index (χ2n) is 6.20. The van der Waals surface area contributed by atoms with E-state index in [0.29, 0.717) is 18.9 Å². The number of carbonyl (C=O) groups is 1. The van der Waals surface area contributed by atoms with Crippen LogP contribution in [0.2, 0.25) is 0 Å². The lowest BCUT2D eigenvalue weighted by atomic mass is 9.97. The summed E-state index contributed by atoms with van der Waals surface area (Å²) in [5.41, 5.74) is 1.16. The molecule has 5 nitrogen and oxygen atoms in total. The molecule has 1 aliphatic heterocycles. The fraction of sp³-hybridized carbons (Fsp3) is 0.421. The number of likely N-dealkylation sites (tertiary alicyclic amines) is 1. The van der Waals surface area contributed by atoms with Crippen LogP contribution in [0.4, 0.5) is 0 Å². The first-order chi connectivity index (χ1) is 11.7. The summed E-state index contributed by atoms with van der Waals surface area (Å²) in [5.74, 6) is 1.71. The van der Waals surface area contributed by atoms with Crippen LogP contribution in [-0.2, 0) is 4.79 Å². The number of carbonyl (C=O) groups excluding carboxylic acids is 1. The first-order valence-electron chi connectivity index (χ1n) is 8.52. The number of allylic oxidation sites excluding steroid dienone is 1. The number of aryl methyl sites for hydroxylation is 1. The molecule has 126 valence electrons. The minimum atomic E-state index is 0.194.